The highest BCUT2D eigenvalue weighted by atomic mass is 79.9. The average molecular weight is 335 g/mol. The number of aryl methyl sites for hydroxylation is 1. The van der Waals surface area contributed by atoms with Gasteiger partial charge in [0.15, 0.2) is 0 Å². The van der Waals surface area contributed by atoms with Crippen molar-refractivity contribution in [1.29, 1.82) is 0 Å². The van der Waals surface area contributed by atoms with Gasteiger partial charge in [0.05, 0.1) is 12.2 Å². The van der Waals surface area contributed by atoms with Gasteiger partial charge in [-0.25, -0.2) is 4.68 Å². The van der Waals surface area contributed by atoms with Crippen molar-refractivity contribution in [2.24, 2.45) is 0 Å². The molecule has 2 rings (SSSR count). The number of hydrogen-bond donors (Lipinski definition) is 0. The van der Waals surface area contributed by atoms with Gasteiger partial charge in [-0.05, 0) is 12.1 Å². The summed E-state index contributed by atoms with van der Waals surface area (Å²) < 4.78 is 1.74. The Morgan fingerprint density at radius 3 is 2.59 bits per heavy atom. The van der Waals surface area contributed by atoms with Crippen LogP contribution < -0.4 is 0 Å². The SMILES string of the molecule is Clc1cccc(Cl)c1Cn1cc(CCBr)nn1. The van der Waals surface area contributed by atoms with Crippen LogP contribution >= 0.6 is 39.1 Å². The fourth-order valence-corrected chi connectivity index (χ4v) is 2.40. The second-order valence-electron chi connectivity index (χ2n) is 3.55. The molecule has 90 valence electrons. The predicted octanol–water partition coefficient (Wildman–Crippen LogP) is 3.57. The summed E-state index contributed by atoms with van der Waals surface area (Å²) in [6.07, 6.45) is 2.76. The van der Waals surface area contributed by atoms with Crippen LogP contribution in [0.1, 0.15) is 11.3 Å². The van der Waals surface area contributed by atoms with E-state index in [-0.39, 0.29) is 0 Å². The van der Waals surface area contributed by atoms with Crippen molar-refractivity contribution in [3.05, 3.63) is 45.7 Å². The summed E-state index contributed by atoms with van der Waals surface area (Å²) in [6.45, 7) is 0.536. The lowest BCUT2D eigenvalue weighted by molar-refractivity contribution is 0.649. The lowest BCUT2D eigenvalue weighted by Gasteiger charge is -2.05. The Balaban J connectivity index is 2.19. The summed E-state index contributed by atoms with van der Waals surface area (Å²) in [5, 5.41) is 10.3. The van der Waals surface area contributed by atoms with Gasteiger partial charge in [-0.1, -0.05) is 50.4 Å². The lowest BCUT2D eigenvalue weighted by atomic mass is 10.2. The third kappa shape index (κ3) is 3.21. The van der Waals surface area contributed by atoms with E-state index >= 15 is 0 Å². The van der Waals surface area contributed by atoms with Crippen LogP contribution in [0.25, 0.3) is 0 Å². The van der Waals surface area contributed by atoms with Gasteiger partial charge in [0, 0.05) is 33.6 Å². The molecule has 0 amide bonds. The second kappa shape index (κ2) is 5.85. The molecule has 0 bridgehead atoms. The fourth-order valence-electron chi connectivity index (χ4n) is 1.47. The molecule has 0 aliphatic carbocycles. The molecule has 3 nitrogen and oxygen atoms in total. The Kier molecular flexibility index (Phi) is 4.42. The van der Waals surface area contributed by atoms with Crippen LogP contribution in [0.3, 0.4) is 0 Å². The predicted molar refractivity (Wildman–Crippen MR) is 73.1 cm³/mol. The van der Waals surface area contributed by atoms with E-state index in [0.717, 1.165) is 23.0 Å². The van der Waals surface area contributed by atoms with Crippen molar-refractivity contribution in [3.8, 4) is 0 Å². The molecule has 0 saturated heterocycles. The van der Waals surface area contributed by atoms with Crippen LogP contribution in [-0.4, -0.2) is 20.3 Å². The Bertz CT molecular complexity index is 493. The van der Waals surface area contributed by atoms with Gasteiger partial charge >= 0.3 is 0 Å². The molecule has 6 heteroatoms. The van der Waals surface area contributed by atoms with Crippen LogP contribution in [0.2, 0.25) is 10.0 Å². The molecule has 0 aliphatic rings. The zero-order valence-corrected chi connectivity index (χ0v) is 12.0. The number of halogens is 3. The standard InChI is InChI=1S/C11H10BrCl2N3/c12-5-4-8-6-17(16-15-8)7-9-10(13)2-1-3-11(9)14/h1-3,6H,4-5,7H2. The summed E-state index contributed by atoms with van der Waals surface area (Å²) in [7, 11) is 0. The molecule has 2 aromatic rings. The third-order valence-electron chi connectivity index (χ3n) is 2.32. The maximum Gasteiger partial charge on any atom is 0.0835 e. The number of benzene rings is 1. The molecule has 0 fully saturated rings. The first kappa shape index (κ1) is 12.9. The van der Waals surface area contributed by atoms with Crippen molar-refractivity contribution in [2.45, 2.75) is 13.0 Å². The van der Waals surface area contributed by atoms with Gasteiger partial charge in [0.2, 0.25) is 0 Å². The van der Waals surface area contributed by atoms with Crippen molar-refractivity contribution in [2.75, 3.05) is 5.33 Å². The molecule has 0 spiro atoms. The van der Waals surface area contributed by atoms with Crippen LogP contribution in [0.4, 0.5) is 0 Å². The minimum absolute atomic E-state index is 0.536. The van der Waals surface area contributed by atoms with E-state index in [1.54, 1.807) is 4.68 Å². The molecule has 0 unspecified atom stereocenters. The summed E-state index contributed by atoms with van der Waals surface area (Å²) in [4.78, 5) is 0. The van der Waals surface area contributed by atoms with Crippen LogP contribution in [-0.2, 0) is 13.0 Å². The third-order valence-corrected chi connectivity index (χ3v) is 3.42. The zero-order chi connectivity index (χ0) is 12.3. The molecule has 1 aromatic carbocycles. The minimum Gasteiger partial charge on any atom is -0.248 e. The van der Waals surface area contributed by atoms with Gasteiger partial charge in [-0.2, -0.15) is 0 Å². The number of alkyl halides is 1. The van der Waals surface area contributed by atoms with E-state index in [2.05, 4.69) is 26.2 Å². The largest absolute Gasteiger partial charge is 0.248 e. The monoisotopic (exact) mass is 333 g/mol. The molecule has 1 aromatic heterocycles. The number of rotatable bonds is 4. The van der Waals surface area contributed by atoms with Crippen LogP contribution in [0.5, 0.6) is 0 Å². The Morgan fingerprint density at radius 2 is 1.94 bits per heavy atom. The van der Waals surface area contributed by atoms with Gasteiger partial charge in [-0.15, -0.1) is 5.10 Å². The van der Waals surface area contributed by atoms with Gasteiger partial charge < -0.3 is 0 Å². The normalized spacial score (nSPS) is 10.8. The molecule has 0 atom stereocenters. The molecule has 1 heterocycles. The van der Waals surface area contributed by atoms with E-state index in [4.69, 9.17) is 23.2 Å². The first-order valence-corrected chi connectivity index (χ1v) is 6.96. The summed E-state index contributed by atoms with van der Waals surface area (Å²) in [5.41, 5.74) is 1.82. The first-order valence-electron chi connectivity index (χ1n) is 5.08. The highest BCUT2D eigenvalue weighted by molar-refractivity contribution is 9.09. The smallest absolute Gasteiger partial charge is 0.0835 e. The molecule has 17 heavy (non-hydrogen) atoms. The molecular formula is C11H10BrCl2N3. The molecule has 0 radical (unpaired) electrons. The molecule has 0 N–H and O–H groups in total. The number of hydrogen-bond acceptors (Lipinski definition) is 2. The molecule has 0 aliphatic heterocycles. The van der Waals surface area contributed by atoms with Crippen LogP contribution in [0, 0.1) is 0 Å². The van der Waals surface area contributed by atoms with E-state index in [9.17, 15) is 0 Å². The summed E-state index contributed by atoms with van der Waals surface area (Å²) in [5.74, 6) is 0. The van der Waals surface area contributed by atoms with E-state index in [1.807, 2.05) is 24.4 Å². The van der Waals surface area contributed by atoms with E-state index < -0.39 is 0 Å². The van der Waals surface area contributed by atoms with Crippen molar-refractivity contribution < 1.29 is 0 Å². The van der Waals surface area contributed by atoms with Gasteiger partial charge in [0.25, 0.3) is 0 Å². The first-order chi connectivity index (χ1) is 8.20. The second-order valence-corrected chi connectivity index (χ2v) is 5.15. The maximum atomic E-state index is 6.09. The van der Waals surface area contributed by atoms with E-state index in [1.165, 1.54) is 0 Å². The van der Waals surface area contributed by atoms with Crippen molar-refractivity contribution in [3.63, 3.8) is 0 Å². The number of aromatic nitrogens is 3. The van der Waals surface area contributed by atoms with Crippen LogP contribution in [0.15, 0.2) is 24.4 Å². The highest BCUT2D eigenvalue weighted by Gasteiger charge is 2.07. The maximum absolute atomic E-state index is 6.09. The Hall–Kier alpha value is -0.580. The quantitative estimate of drug-likeness (QED) is 0.800. The molecule has 0 saturated carbocycles. The Morgan fingerprint density at radius 1 is 1.24 bits per heavy atom. The van der Waals surface area contributed by atoms with Gasteiger partial charge in [0.1, 0.15) is 0 Å². The number of nitrogens with zero attached hydrogens (tertiary/aromatic N) is 3. The summed E-state index contributed by atoms with van der Waals surface area (Å²) in [6, 6.07) is 5.46. The van der Waals surface area contributed by atoms with E-state index in [0.29, 0.717) is 16.6 Å². The van der Waals surface area contributed by atoms with Crippen molar-refractivity contribution >= 4 is 39.1 Å². The average Bonchev–Trinajstić information content (AvgIpc) is 2.72. The van der Waals surface area contributed by atoms with Gasteiger partial charge in [-0.3, -0.25) is 0 Å². The molecular weight excluding hydrogens is 325 g/mol. The fraction of sp³-hybridized carbons (Fsp3) is 0.273. The lowest BCUT2D eigenvalue weighted by Crippen LogP contribution is -2.01. The Labute approximate surface area is 118 Å². The van der Waals surface area contributed by atoms with Crippen molar-refractivity contribution in [1.82, 2.24) is 15.0 Å². The topological polar surface area (TPSA) is 30.7 Å². The summed E-state index contributed by atoms with van der Waals surface area (Å²) >= 11 is 15.6. The minimum atomic E-state index is 0.536. The zero-order valence-electron chi connectivity index (χ0n) is 8.91. The highest BCUT2D eigenvalue weighted by Crippen LogP contribution is 2.24.